The van der Waals surface area contributed by atoms with E-state index in [0.29, 0.717) is 32.3 Å². The lowest BCUT2D eigenvalue weighted by molar-refractivity contribution is 0.603. The zero-order valence-corrected chi connectivity index (χ0v) is 16.9. The third kappa shape index (κ3) is 4.59. The van der Waals surface area contributed by atoms with Gasteiger partial charge in [-0.25, -0.2) is 8.42 Å². The van der Waals surface area contributed by atoms with Crippen molar-refractivity contribution < 1.29 is 8.42 Å². The summed E-state index contributed by atoms with van der Waals surface area (Å²) >= 11 is 13.7. The van der Waals surface area contributed by atoms with Crippen molar-refractivity contribution in [2.24, 2.45) is 0 Å². The Balaban J connectivity index is 2.05. The molecule has 26 heavy (non-hydrogen) atoms. The normalized spacial score (nSPS) is 11.7. The number of rotatable bonds is 6. The van der Waals surface area contributed by atoms with E-state index >= 15 is 0 Å². The number of hydrogen-bond acceptors (Lipinski definition) is 5. The molecule has 0 saturated heterocycles. The zero-order chi connectivity index (χ0) is 18.7. The molecule has 0 spiro atoms. The van der Waals surface area contributed by atoms with Crippen molar-refractivity contribution >= 4 is 44.8 Å². The number of thioether (sulfide) groups is 1. The number of nitrogens with zero attached hydrogens (tertiary/aromatic N) is 3. The minimum atomic E-state index is -3.04. The lowest BCUT2D eigenvalue weighted by atomic mass is 10.2. The van der Waals surface area contributed by atoms with Gasteiger partial charge in [0, 0.05) is 28.3 Å². The molecule has 3 aromatic rings. The van der Waals surface area contributed by atoms with Crippen molar-refractivity contribution in [1.82, 2.24) is 14.8 Å². The van der Waals surface area contributed by atoms with Gasteiger partial charge in [0.25, 0.3) is 0 Å². The quantitative estimate of drug-likeness (QED) is 0.546. The Kier molecular flexibility index (Phi) is 5.92. The second-order valence-corrected chi connectivity index (χ2v) is 9.75. The molecule has 0 saturated carbocycles. The Labute approximate surface area is 166 Å². The van der Waals surface area contributed by atoms with Crippen LogP contribution < -0.4 is 0 Å². The van der Waals surface area contributed by atoms with Crippen molar-refractivity contribution in [1.29, 1.82) is 0 Å². The molecule has 0 bridgehead atoms. The van der Waals surface area contributed by atoms with Crippen LogP contribution in [-0.4, -0.2) is 40.9 Å². The summed E-state index contributed by atoms with van der Waals surface area (Å²) in [5.41, 5.74) is 1.56. The van der Waals surface area contributed by atoms with E-state index in [2.05, 4.69) is 10.2 Å². The highest BCUT2D eigenvalue weighted by Gasteiger charge is 2.18. The highest BCUT2D eigenvalue weighted by Crippen LogP contribution is 2.33. The van der Waals surface area contributed by atoms with Gasteiger partial charge in [-0.1, -0.05) is 53.2 Å². The van der Waals surface area contributed by atoms with Gasteiger partial charge in [0.05, 0.1) is 10.8 Å². The van der Waals surface area contributed by atoms with Crippen LogP contribution in [0.2, 0.25) is 10.0 Å². The lowest BCUT2D eigenvalue weighted by Crippen LogP contribution is -2.06. The van der Waals surface area contributed by atoms with Crippen molar-refractivity contribution in [2.45, 2.75) is 5.16 Å². The SMILES string of the molecule is CS(=O)(=O)CCSc1nnc(-c2ccc(Cl)cc2Cl)n1-c1ccccc1. The summed E-state index contributed by atoms with van der Waals surface area (Å²) in [6.45, 7) is 0. The van der Waals surface area contributed by atoms with Crippen LogP contribution in [0.3, 0.4) is 0 Å². The predicted molar refractivity (Wildman–Crippen MR) is 107 cm³/mol. The summed E-state index contributed by atoms with van der Waals surface area (Å²) in [5, 5.41) is 10.1. The highest BCUT2D eigenvalue weighted by atomic mass is 35.5. The zero-order valence-electron chi connectivity index (χ0n) is 13.8. The molecule has 0 aliphatic rings. The van der Waals surface area contributed by atoms with E-state index in [9.17, 15) is 8.42 Å². The van der Waals surface area contributed by atoms with Crippen LogP contribution in [-0.2, 0) is 9.84 Å². The van der Waals surface area contributed by atoms with Crippen LogP contribution in [0.1, 0.15) is 0 Å². The maximum Gasteiger partial charge on any atom is 0.196 e. The van der Waals surface area contributed by atoms with Crippen molar-refractivity contribution in [3.05, 3.63) is 58.6 Å². The maximum atomic E-state index is 11.4. The van der Waals surface area contributed by atoms with Crippen molar-refractivity contribution in [3.63, 3.8) is 0 Å². The first-order valence-corrected chi connectivity index (χ1v) is 11.4. The molecule has 0 unspecified atom stereocenters. The molecule has 9 heteroatoms. The maximum absolute atomic E-state index is 11.4. The first kappa shape index (κ1) is 19.2. The molecule has 0 amide bonds. The first-order valence-electron chi connectivity index (χ1n) is 7.62. The summed E-state index contributed by atoms with van der Waals surface area (Å²) in [6.07, 6.45) is 1.22. The highest BCUT2D eigenvalue weighted by molar-refractivity contribution is 8.00. The average Bonchev–Trinajstić information content (AvgIpc) is 2.98. The summed E-state index contributed by atoms with van der Waals surface area (Å²) in [5.74, 6) is 1.02. The van der Waals surface area contributed by atoms with Gasteiger partial charge in [-0.05, 0) is 30.3 Å². The molecule has 136 valence electrons. The molecule has 0 fully saturated rings. The van der Waals surface area contributed by atoms with E-state index in [1.54, 1.807) is 18.2 Å². The van der Waals surface area contributed by atoms with Crippen molar-refractivity contribution in [3.8, 4) is 17.1 Å². The number of aromatic nitrogens is 3. The summed E-state index contributed by atoms with van der Waals surface area (Å²) in [6, 6.07) is 14.8. The second kappa shape index (κ2) is 8.00. The largest absolute Gasteiger partial charge is 0.270 e. The summed E-state index contributed by atoms with van der Waals surface area (Å²) in [7, 11) is -3.04. The second-order valence-electron chi connectivity index (χ2n) is 5.58. The van der Waals surface area contributed by atoms with Gasteiger partial charge in [-0.15, -0.1) is 10.2 Å². The Morgan fingerprint density at radius 3 is 2.46 bits per heavy atom. The Hall–Kier alpha value is -1.54. The molecule has 5 nitrogen and oxygen atoms in total. The number of halogens is 2. The number of sulfone groups is 1. The molecule has 0 N–H and O–H groups in total. The Morgan fingerprint density at radius 1 is 1.08 bits per heavy atom. The Bertz CT molecular complexity index is 1020. The molecular formula is C17H15Cl2N3O2S2. The van der Waals surface area contributed by atoms with E-state index in [1.807, 2.05) is 34.9 Å². The molecule has 1 aromatic heterocycles. The molecule has 0 atom stereocenters. The number of para-hydroxylation sites is 1. The summed E-state index contributed by atoms with van der Waals surface area (Å²) in [4.78, 5) is 0. The number of benzene rings is 2. The van der Waals surface area contributed by atoms with Crippen molar-refractivity contribution in [2.75, 3.05) is 17.8 Å². The van der Waals surface area contributed by atoms with Gasteiger partial charge in [0.15, 0.2) is 11.0 Å². The molecule has 0 radical (unpaired) electrons. The molecule has 0 aliphatic carbocycles. The molecule has 3 rings (SSSR count). The third-order valence-electron chi connectivity index (χ3n) is 3.51. The van der Waals surface area contributed by atoms with Crippen LogP contribution in [0.4, 0.5) is 0 Å². The fraction of sp³-hybridized carbons (Fsp3) is 0.176. The fourth-order valence-corrected chi connectivity index (χ4v) is 4.94. The third-order valence-corrected chi connectivity index (χ3v) is 6.19. The average molecular weight is 428 g/mol. The molecule has 1 heterocycles. The number of hydrogen-bond donors (Lipinski definition) is 0. The monoisotopic (exact) mass is 427 g/mol. The smallest absolute Gasteiger partial charge is 0.196 e. The minimum Gasteiger partial charge on any atom is -0.270 e. The van der Waals surface area contributed by atoms with E-state index in [1.165, 1.54) is 18.0 Å². The van der Waals surface area contributed by atoms with Crippen LogP contribution in [0.15, 0.2) is 53.7 Å². The minimum absolute atomic E-state index is 0.0658. The van der Waals surface area contributed by atoms with Gasteiger partial charge in [-0.3, -0.25) is 4.57 Å². The van der Waals surface area contributed by atoms with Gasteiger partial charge in [0.2, 0.25) is 0 Å². The fourth-order valence-electron chi connectivity index (χ4n) is 2.30. The topological polar surface area (TPSA) is 64.8 Å². The Morgan fingerprint density at radius 2 is 1.81 bits per heavy atom. The van der Waals surface area contributed by atoms with E-state index in [4.69, 9.17) is 23.2 Å². The molecule has 2 aromatic carbocycles. The van der Waals surface area contributed by atoms with Gasteiger partial charge < -0.3 is 0 Å². The van der Waals surface area contributed by atoms with Gasteiger partial charge in [0.1, 0.15) is 9.84 Å². The van der Waals surface area contributed by atoms with E-state index in [0.717, 1.165) is 5.69 Å². The van der Waals surface area contributed by atoms with E-state index < -0.39 is 9.84 Å². The van der Waals surface area contributed by atoms with Crippen LogP contribution >= 0.6 is 35.0 Å². The predicted octanol–water partition coefficient (Wildman–Crippen LogP) is 4.38. The molecular weight excluding hydrogens is 413 g/mol. The van der Waals surface area contributed by atoms with Crippen LogP contribution in [0.25, 0.3) is 17.1 Å². The summed E-state index contributed by atoms with van der Waals surface area (Å²) < 4.78 is 24.7. The lowest BCUT2D eigenvalue weighted by Gasteiger charge is -2.11. The van der Waals surface area contributed by atoms with Gasteiger partial charge >= 0.3 is 0 Å². The van der Waals surface area contributed by atoms with Gasteiger partial charge in [-0.2, -0.15) is 0 Å². The van der Waals surface area contributed by atoms with E-state index in [-0.39, 0.29) is 5.75 Å². The van der Waals surface area contributed by atoms with Crippen LogP contribution in [0.5, 0.6) is 0 Å². The first-order chi connectivity index (χ1) is 12.3. The van der Waals surface area contributed by atoms with Crippen LogP contribution in [0, 0.1) is 0 Å². The standard InChI is InChI=1S/C17H15Cl2N3O2S2/c1-26(23,24)10-9-25-17-21-20-16(14-8-7-12(18)11-15(14)19)22(17)13-5-3-2-4-6-13/h2-8,11H,9-10H2,1H3. The molecule has 0 aliphatic heterocycles.